The van der Waals surface area contributed by atoms with Gasteiger partial charge < -0.3 is 15.6 Å². The highest BCUT2D eigenvalue weighted by Gasteiger charge is 2.13. The molecule has 0 aliphatic carbocycles. The van der Waals surface area contributed by atoms with Crippen molar-refractivity contribution in [1.29, 1.82) is 0 Å². The summed E-state index contributed by atoms with van der Waals surface area (Å²) >= 11 is 1.49. The monoisotopic (exact) mass is 302 g/mol. The minimum atomic E-state index is -0.977. The Labute approximate surface area is 128 Å². The van der Waals surface area contributed by atoms with Gasteiger partial charge in [-0.15, -0.1) is 0 Å². The number of nitrogens with two attached hydrogens (primary N) is 1. The Morgan fingerprint density at radius 2 is 2.00 bits per heavy atom. The molecule has 0 aliphatic heterocycles. The number of anilines is 1. The maximum absolute atomic E-state index is 10.9. The first-order chi connectivity index (χ1) is 10.1. The summed E-state index contributed by atoms with van der Waals surface area (Å²) in [6.07, 6.45) is 0.334. The highest BCUT2D eigenvalue weighted by atomic mass is 32.2. The molecule has 0 radical (unpaired) electrons. The lowest BCUT2D eigenvalue weighted by Gasteiger charge is -2.12. The highest BCUT2D eigenvalue weighted by molar-refractivity contribution is 8.00. The molecule has 0 saturated heterocycles. The van der Waals surface area contributed by atoms with E-state index in [0.717, 1.165) is 21.7 Å². The fraction of sp³-hybridized carbons (Fsp3) is 0.188. The van der Waals surface area contributed by atoms with E-state index in [-0.39, 0.29) is 0 Å². The lowest BCUT2D eigenvalue weighted by molar-refractivity contribution is -0.138. The molecule has 21 heavy (non-hydrogen) atoms. The predicted molar refractivity (Wildman–Crippen MR) is 86.4 cm³/mol. The molecule has 0 amide bonds. The van der Waals surface area contributed by atoms with E-state index in [1.54, 1.807) is 0 Å². The van der Waals surface area contributed by atoms with Crippen molar-refractivity contribution >= 4 is 23.6 Å². The standard InChI is InChI=1S/C16H18N2O2S/c1-11-7-8-14(9-12(11)10-15(17)16(19)20)21-18-13-5-3-2-4-6-13/h2-9,15,18H,10,17H2,1H3,(H,19,20). The molecule has 0 saturated carbocycles. The highest BCUT2D eigenvalue weighted by Crippen LogP contribution is 2.24. The Morgan fingerprint density at radius 3 is 2.67 bits per heavy atom. The zero-order chi connectivity index (χ0) is 15.2. The minimum absolute atomic E-state index is 0.334. The Morgan fingerprint density at radius 1 is 1.29 bits per heavy atom. The molecular weight excluding hydrogens is 284 g/mol. The Hall–Kier alpha value is -1.98. The van der Waals surface area contributed by atoms with Gasteiger partial charge in [-0.2, -0.15) is 0 Å². The molecule has 0 aliphatic rings. The second kappa shape index (κ2) is 7.15. The fourth-order valence-corrected chi connectivity index (χ4v) is 2.59. The summed E-state index contributed by atoms with van der Waals surface area (Å²) in [4.78, 5) is 11.9. The summed E-state index contributed by atoms with van der Waals surface area (Å²) in [5.41, 5.74) is 8.65. The van der Waals surface area contributed by atoms with Crippen LogP contribution in [-0.4, -0.2) is 17.1 Å². The second-order valence-corrected chi connectivity index (χ2v) is 5.69. The molecule has 1 atom stereocenters. The van der Waals surface area contributed by atoms with E-state index in [0.29, 0.717) is 6.42 Å². The quantitative estimate of drug-likeness (QED) is 0.715. The van der Waals surface area contributed by atoms with Gasteiger partial charge in [0.05, 0.1) is 0 Å². The Balaban J connectivity index is 2.06. The normalized spacial score (nSPS) is 11.9. The summed E-state index contributed by atoms with van der Waals surface area (Å²) in [6, 6.07) is 15.0. The van der Waals surface area contributed by atoms with Crippen LogP contribution < -0.4 is 10.5 Å². The van der Waals surface area contributed by atoms with Crippen LogP contribution in [0.15, 0.2) is 53.4 Å². The van der Waals surface area contributed by atoms with Crippen LogP contribution in [0.3, 0.4) is 0 Å². The number of aliphatic carboxylic acids is 1. The zero-order valence-corrected chi connectivity index (χ0v) is 12.6. The third-order valence-electron chi connectivity index (χ3n) is 3.14. The summed E-state index contributed by atoms with van der Waals surface area (Å²) in [7, 11) is 0. The molecule has 0 bridgehead atoms. The number of hydrogen-bond acceptors (Lipinski definition) is 4. The molecule has 2 rings (SSSR count). The summed E-state index contributed by atoms with van der Waals surface area (Å²) in [5.74, 6) is -0.977. The van der Waals surface area contributed by atoms with Crippen LogP contribution in [0, 0.1) is 6.92 Å². The average Bonchev–Trinajstić information content (AvgIpc) is 2.49. The van der Waals surface area contributed by atoms with Crippen molar-refractivity contribution in [2.75, 3.05) is 4.72 Å². The predicted octanol–water partition coefficient (Wildman–Crippen LogP) is 3.07. The van der Waals surface area contributed by atoms with Gasteiger partial charge in [-0.25, -0.2) is 0 Å². The molecule has 0 aromatic heterocycles. The first kappa shape index (κ1) is 15.4. The van der Waals surface area contributed by atoms with E-state index in [1.807, 2.05) is 55.5 Å². The van der Waals surface area contributed by atoms with Crippen molar-refractivity contribution in [2.45, 2.75) is 24.3 Å². The van der Waals surface area contributed by atoms with Crippen LogP contribution in [0.25, 0.3) is 0 Å². The number of carboxylic acids is 1. The van der Waals surface area contributed by atoms with E-state index < -0.39 is 12.0 Å². The summed E-state index contributed by atoms with van der Waals surface area (Å²) in [5, 5.41) is 8.91. The number of nitrogens with one attached hydrogen (secondary N) is 1. The first-order valence-electron chi connectivity index (χ1n) is 6.62. The van der Waals surface area contributed by atoms with Crippen LogP contribution in [-0.2, 0) is 11.2 Å². The van der Waals surface area contributed by atoms with Gasteiger partial charge in [0.1, 0.15) is 6.04 Å². The van der Waals surface area contributed by atoms with Crippen molar-refractivity contribution in [2.24, 2.45) is 5.73 Å². The molecular formula is C16H18N2O2S. The SMILES string of the molecule is Cc1ccc(SNc2ccccc2)cc1CC(N)C(=O)O. The number of carboxylic acid groups (broad SMARTS) is 1. The van der Waals surface area contributed by atoms with Crippen molar-refractivity contribution < 1.29 is 9.90 Å². The fourth-order valence-electron chi connectivity index (χ4n) is 1.88. The maximum Gasteiger partial charge on any atom is 0.320 e. The third kappa shape index (κ3) is 4.51. The molecule has 1 unspecified atom stereocenters. The van der Waals surface area contributed by atoms with Crippen LogP contribution in [0.2, 0.25) is 0 Å². The van der Waals surface area contributed by atoms with Gasteiger partial charge in [-0.1, -0.05) is 24.3 Å². The van der Waals surface area contributed by atoms with Gasteiger partial charge in [0, 0.05) is 10.6 Å². The molecule has 0 spiro atoms. The number of rotatable bonds is 6. The van der Waals surface area contributed by atoms with E-state index >= 15 is 0 Å². The third-order valence-corrected chi connectivity index (χ3v) is 3.97. The van der Waals surface area contributed by atoms with Crippen molar-refractivity contribution in [3.05, 3.63) is 59.7 Å². The van der Waals surface area contributed by atoms with E-state index in [4.69, 9.17) is 10.8 Å². The lowest BCUT2D eigenvalue weighted by Crippen LogP contribution is -2.32. The summed E-state index contributed by atoms with van der Waals surface area (Å²) in [6.45, 7) is 1.96. The van der Waals surface area contributed by atoms with E-state index in [1.165, 1.54) is 11.9 Å². The first-order valence-corrected chi connectivity index (χ1v) is 7.44. The topological polar surface area (TPSA) is 75.3 Å². The lowest BCUT2D eigenvalue weighted by atomic mass is 10.0. The maximum atomic E-state index is 10.9. The number of aryl methyl sites for hydroxylation is 1. The van der Waals surface area contributed by atoms with Crippen molar-refractivity contribution in [3.8, 4) is 0 Å². The van der Waals surface area contributed by atoms with Gasteiger partial charge in [0.25, 0.3) is 0 Å². The van der Waals surface area contributed by atoms with Gasteiger partial charge >= 0.3 is 5.97 Å². The van der Waals surface area contributed by atoms with Gasteiger partial charge in [-0.3, -0.25) is 4.79 Å². The van der Waals surface area contributed by atoms with Crippen molar-refractivity contribution in [1.82, 2.24) is 0 Å². The molecule has 0 heterocycles. The van der Waals surface area contributed by atoms with Gasteiger partial charge in [-0.05, 0) is 60.7 Å². The largest absolute Gasteiger partial charge is 0.480 e. The molecule has 2 aromatic rings. The smallest absolute Gasteiger partial charge is 0.320 e. The minimum Gasteiger partial charge on any atom is -0.480 e. The molecule has 5 heteroatoms. The van der Waals surface area contributed by atoms with Crippen LogP contribution in [0.4, 0.5) is 5.69 Å². The molecule has 2 aromatic carbocycles. The second-order valence-electron chi connectivity index (χ2n) is 4.81. The average molecular weight is 302 g/mol. The molecule has 4 N–H and O–H groups in total. The van der Waals surface area contributed by atoms with Crippen LogP contribution in [0.1, 0.15) is 11.1 Å². The number of benzene rings is 2. The van der Waals surface area contributed by atoms with E-state index in [2.05, 4.69) is 4.72 Å². The van der Waals surface area contributed by atoms with Crippen molar-refractivity contribution in [3.63, 3.8) is 0 Å². The van der Waals surface area contributed by atoms with Crippen LogP contribution in [0.5, 0.6) is 0 Å². The molecule has 110 valence electrons. The Bertz CT molecular complexity index is 617. The number of hydrogen-bond donors (Lipinski definition) is 3. The molecule has 4 nitrogen and oxygen atoms in total. The Kier molecular flexibility index (Phi) is 5.25. The van der Waals surface area contributed by atoms with Gasteiger partial charge in [0.2, 0.25) is 0 Å². The van der Waals surface area contributed by atoms with Gasteiger partial charge in [0.15, 0.2) is 0 Å². The zero-order valence-electron chi connectivity index (χ0n) is 11.7. The van der Waals surface area contributed by atoms with Crippen LogP contribution >= 0.6 is 11.9 Å². The summed E-state index contributed by atoms with van der Waals surface area (Å²) < 4.78 is 3.25. The van der Waals surface area contributed by atoms with E-state index in [9.17, 15) is 4.79 Å². The molecule has 0 fully saturated rings. The number of para-hydroxylation sites is 1. The number of carbonyl (C=O) groups is 1.